The van der Waals surface area contributed by atoms with Crippen molar-refractivity contribution in [1.82, 2.24) is 5.32 Å². The highest BCUT2D eigenvalue weighted by molar-refractivity contribution is 5.81. The molecular weight excluding hydrogens is 472 g/mol. The van der Waals surface area contributed by atoms with Crippen molar-refractivity contribution in [3.63, 3.8) is 0 Å². The van der Waals surface area contributed by atoms with Crippen LogP contribution in [0.1, 0.15) is 49.7 Å². The van der Waals surface area contributed by atoms with Crippen molar-refractivity contribution in [2.75, 3.05) is 34.3 Å². The summed E-state index contributed by atoms with van der Waals surface area (Å²) in [7, 11) is 6.27. The minimum Gasteiger partial charge on any atom is -0.494 e. The van der Waals surface area contributed by atoms with Crippen LogP contribution in [0.3, 0.4) is 0 Å². The topological polar surface area (TPSA) is 47.6 Å². The van der Waals surface area contributed by atoms with Gasteiger partial charge in [-0.25, -0.2) is 0 Å². The molecule has 0 saturated heterocycles. The van der Waals surface area contributed by atoms with Gasteiger partial charge in [-0.2, -0.15) is 0 Å². The summed E-state index contributed by atoms with van der Waals surface area (Å²) in [5, 5.41) is 3.18. The summed E-state index contributed by atoms with van der Waals surface area (Å²) in [5.41, 5.74) is 2.36. The number of hydrogen-bond donors (Lipinski definition) is 1. The summed E-state index contributed by atoms with van der Waals surface area (Å²) < 4.78 is 12.3. The van der Waals surface area contributed by atoms with Crippen LogP contribution >= 0.6 is 0 Å². The number of benzene rings is 3. The smallest absolute Gasteiger partial charge is 0.278 e. The minimum absolute atomic E-state index is 0.0876. The first-order valence-corrected chi connectivity index (χ1v) is 13.9. The van der Waals surface area contributed by atoms with Crippen molar-refractivity contribution in [2.24, 2.45) is 0 Å². The zero-order chi connectivity index (χ0) is 27.1. The van der Waals surface area contributed by atoms with Crippen LogP contribution in [0.2, 0.25) is 0 Å². The number of unbranched alkanes of at least 4 members (excludes halogenated alkanes) is 5. The second-order valence-electron chi connectivity index (χ2n) is 10.8. The van der Waals surface area contributed by atoms with E-state index in [9.17, 15) is 4.79 Å². The highest BCUT2D eigenvalue weighted by Crippen LogP contribution is 2.19. The molecule has 204 valence electrons. The molecule has 0 aromatic heterocycles. The molecule has 0 bridgehead atoms. The van der Waals surface area contributed by atoms with E-state index in [-0.39, 0.29) is 11.9 Å². The average Bonchev–Trinajstić information content (AvgIpc) is 2.92. The Labute approximate surface area is 229 Å². The molecule has 0 saturated carbocycles. The molecule has 3 aromatic rings. The van der Waals surface area contributed by atoms with E-state index >= 15 is 0 Å². The second kappa shape index (κ2) is 15.8. The average molecular weight is 518 g/mol. The number of carbonyl (C=O) groups is 1. The fourth-order valence-electron chi connectivity index (χ4n) is 4.38. The lowest BCUT2D eigenvalue weighted by atomic mass is 10.0. The fraction of sp³-hybridized carbons (Fsp3) is 0.424. The summed E-state index contributed by atoms with van der Waals surface area (Å²) in [6.07, 6.45) is 7.50. The van der Waals surface area contributed by atoms with E-state index < -0.39 is 0 Å². The molecule has 1 N–H and O–H groups in total. The van der Waals surface area contributed by atoms with Gasteiger partial charge in [-0.1, -0.05) is 86.3 Å². The lowest BCUT2D eigenvalue weighted by Crippen LogP contribution is -2.55. The quantitative estimate of drug-likeness (QED) is 0.166. The maximum Gasteiger partial charge on any atom is 0.278 e. The van der Waals surface area contributed by atoms with Crippen molar-refractivity contribution in [1.29, 1.82) is 0 Å². The SMILES string of the molecule is C[N+](C)(C)C(Cc1ccccc1)C(=O)NCCCCCCCCOc1ccc(OCc2ccccc2)cc1. The molecule has 0 spiro atoms. The molecule has 5 nitrogen and oxygen atoms in total. The van der Waals surface area contributed by atoms with Crippen LogP contribution in [0.5, 0.6) is 11.5 Å². The largest absolute Gasteiger partial charge is 0.494 e. The molecule has 5 heteroatoms. The van der Waals surface area contributed by atoms with Crippen molar-refractivity contribution >= 4 is 5.91 Å². The summed E-state index contributed by atoms with van der Waals surface area (Å²) >= 11 is 0. The Balaban J connectivity index is 1.21. The molecule has 0 fully saturated rings. The van der Waals surface area contributed by atoms with Crippen LogP contribution < -0.4 is 14.8 Å². The van der Waals surface area contributed by atoms with E-state index in [2.05, 4.69) is 50.7 Å². The number of likely N-dealkylation sites (N-methyl/N-ethyl adjacent to an activating group) is 1. The normalized spacial score (nSPS) is 12.1. The Morgan fingerprint density at radius 1 is 0.684 bits per heavy atom. The number of ether oxygens (including phenoxy) is 2. The Bertz CT molecular complexity index is 1050. The standard InChI is InChI=1S/C33H44N2O3/c1-35(2,3)32(26-28-16-10-8-11-17-28)33(36)34-24-14-6-4-5-7-15-25-37-30-20-22-31(23-21-30)38-27-29-18-12-9-13-19-29/h8-13,16-23,32H,4-7,14-15,24-27H2,1-3H3/p+1. The first kappa shape index (κ1) is 29.2. The van der Waals surface area contributed by atoms with Crippen molar-refractivity contribution in [3.8, 4) is 11.5 Å². The van der Waals surface area contributed by atoms with Gasteiger partial charge in [0.25, 0.3) is 5.91 Å². The van der Waals surface area contributed by atoms with E-state index in [1.165, 1.54) is 18.4 Å². The van der Waals surface area contributed by atoms with Crippen LogP contribution in [0.15, 0.2) is 84.9 Å². The van der Waals surface area contributed by atoms with Gasteiger partial charge in [0, 0.05) is 13.0 Å². The van der Waals surface area contributed by atoms with Crippen molar-refractivity contribution < 1.29 is 18.8 Å². The summed E-state index contributed by atoms with van der Waals surface area (Å²) in [6, 6.07) is 28.2. The third kappa shape index (κ3) is 11.0. The molecule has 0 aliphatic rings. The third-order valence-corrected chi connectivity index (χ3v) is 6.72. The fourth-order valence-corrected chi connectivity index (χ4v) is 4.38. The molecular formula is C33H45N2O3+. The highest BCUT2D eigenvalue weighted by atomic mass is 16.5. The Morgan fingerprint density at radius 3 is 1.82 bits per heavy atom. The van der Waals surface area contributed by atoms with Crippen LogP contribution in [0.4, 0.5) is 0 Å². The number of hydrogen-bond acceptors (Lipinski definition) is 3. The third-order valence-electron chi connectivity index (χ3n) is 6.72. The molecule has 3 aromatic carbocycles. The van der Waals surface area contributed by atoms with Crippen molar-refractivity contribution in [3.05, 3.63) is 96.1 Å². The van der Waals surface area contributed by atoms with Crippen LogP contribution in [0.25, 0.3) is 0 Å². The Hall–Kier alpha value is -3.31. The molecule has 38 heavy (non-hydrogen) atoms. The molecule has 1 amide bonds. The predicted octanol–water partition coefficient (Wildman–Crippen LogP) is 6.42. The maximum atomic E-state index is 12.9. The van der Waals surface area contributed by atoms with Gasteiger partial charge >= 0.3 is 0 Å². The number of amides is 1. The van der Waals surface area contributed by atoms with E-state index in [1.54, 1.807) is 0 Å². The molecule has 0 heterocycles. The second-order valence-corrected chi connectivity index (χ2v) is 10.8. The molecule has 0 aliphatic heterocycles. The van der Waals surface area contributed by atoms with Gasteiger partial charge in [-0.15, -0.1) is 0 Å². The van der Waals surface area contributed by atoms with Gasteiger partial charge in [-0.05, 0) is 48.2 Å². The van der Waals surface area contributed by atoms with Gasteiger partial charge < -0.3 is 19.3 Å². The minimum atomic E-state index is -0.0876. The zero-order valence-electron chi connectivity index (χ0n) is 23.4. The summed E-state index contributed by atoms with van der Waals surface area (Å²) in [5.74, 6) is 1.88. The molecule has 0 aliphatic carbocycles. The van der Waals surface area contributed by atoms with Crippen LogP contribution in [-0.2, 0) is 17.8 Å². The van der Waals surface area contributed by atoms with Gasteiger partial charge in [0.1, 0.15) is 18.1 Å². The maximum absolute atomic E-state index is 12.9. The number of quaternary nitrogens is 1. The van der Waals surface area contributed by atoms with Gasteiger partial charge in [0.15, 0.2) is 6.04 Å². The number of nitrogens with one attached hydrogen (secondary N) is 1. The number of carbonyl (C=O) groups excluding carboxylic acids is 1. The first-order chi connectivity index (χ1) is 18.4. The Kier molecular flexibility index (Phi) is 12.2. The lowest BCUT2D eigenvalue weighted by Gasteiger charge is -2.33. The van der Waals surface area contributed by atoms with E-state index in [0.717, 1.165) is 62.3 Å². The van der Waals surface area contributed by atoms with Gasteiger partial charge in [0.2, 0.25) is 0 Å². The Morgan fingerprint density at radius 2 is 1.21 bits per heavy atom. The summed E-state index contributed by atoms with van der Waals surface area (Å²) in [6.45, 7) is 2.05. The number of rotatable bonds is 17. The zero-order valence-corrected chi connectivity index (χ0v) is 23.4. The van der Waals surface area contributed by atoms with Crippen molar-refractivity contribution in [2.45, 2.75) is 57.6 Å². The lowest BCUT2D eigenvalue weighted by molar-refractivity contribution is -0.886. The van der Waals surface area contributed by atoms with Gasteiger partial charge in [0.05, 0.1) is 27.7 Å². The van der Waals surface area contributed by atoms with E-state index in [0.29, 0.717) is 11.1 Å². The van der Waals surface area contributed by atoms with Crippen LogP contribution in [-0.4, -0.2) is 50.7 Å². The molecule has 0 radical (unpaired) electrons. The predicted molar refractivity (Wildman–Crippen MR) is 155 cm³/mol. The highest BCUT2D eigenvalue weighted by Gasteiger charge is 2.31. The van der Waals surface area contributed by atoms with E-state index in [1.807, 2.05) is 60.7 Å². The summed E-state index contributed by atoms with van der Waals surface area (Å²) in [4.78, 5) is 12.9. The molecule has 1 atom stereocenters. The van der Waals surface area contributed by atoms with Crippen LogP contribution in [0, 0.1) is 0 Å². The molecule has 3 rings (SSSR count). The molecule has 1 unspecified atom stereocenters. The number of nitrogens with zero attached hydrogens (tertiary/aromatic N) is 1. The van der Waals surface area contributed by atoms with Gasteiger partial charge in [-0.3, -0.25) is 4.79 Å². The monoisotopic (exact) mass is 517 g/mol. The first-order valence-electron chi connectivity index (χ1n) is 13.9. The van der Waals surface area contributed by atoms with E-state index in [4.69, 9.17) is 9.47 Å².